The first-order chi connectivity index (χ1) is 6.63. The van der Waals surface area contributed by atoms with Crippen LogP contribution in [0.25, 0.3) is 0 Å². The van der Waals surface area contributed by atoms with E-state index in [2.05, 4.69) is 9.47 Å². The maximum Gasteiger partial charge on any atom is 0.513 e. The third kappa shape index (κ3) is 3.63. The minimum absolute atomic E-state index is 0. The van der Waals surface area contributed by atoms with E-state index in [1.807, 2.05) is 0 Å². The molecule has 15 heavy (non-hydrogen) atoms. The van der Waals surface area contributed by atoms with Crippen molar-refractivity contribution in [2.45, 2.75) is 7.43 Å². The lowest BCUT2D eigenvalue weighted by molar-refractivity contribution is -0.384. The summed E-state index contributed by atoms with van der Waals surface area (Å²) in [6, 6.07) is 5.10. The highest BCUT2D eigenvalue weighted by molar-refractivity contribution is 5.63. The molecule has 0 saturated carbocycles. The molecule has 0 unspecified atom stereocenters. The van der Waals surface area contributed by atoms with Gasteiger partial charge in [0.1, 0.15) is 5.75 Å². The number of hydrogen-bond acceptors (Lipinski definition) is 5. The molecule has 0 N–H and O–H groups in total. The van der Waals surface area contributed by atoms with Gasteiger partial charge in [0.25, 0.3) is 5.69 Å². The molecule has 6 nitrogen and oxygen atoms in total. The lowest BCUT2D eigenvalue weighted by Gasteiger charge is -2.00. The third-order valence-corrected chi connectivity index (χ3v) is 1.42. The fraction of sp³-hybridized carbons (Fsp3) is 0.222. The smallest absolute Gasteiger partial charge is 0.437 e. The van der Waals surface area contributed by atoms with Crippen molar-refractivity contribution in [1.82, 2.24) is 0 Å². The van der Waals surface area contributed by atoms with E-state index in [4.69, 9.17) is 0 Å². The van der Waals surface area contributed by atoms with Crippen LogP contribution in [0.2, 0.25) is 0 Å². The van der Waals surface area contributed by atoms with Crippen molar-refractivity contribution in [3.05, 3.63) is 34.4 Å². The second kappa shape index (κ2) is 5.58. The highest BCUT2D eigenvalue weighted by Crippen LogP contribution is 2.17. The number of methoxy groups -OCH3 is 1. The zero-order chi connectivity index (χ0) is 10.6. The van der Waals surface area contributed by atoms with E-state index >= 15 is 0 Å². The molecule has 0 saturated heterocycles. The van der Waals surface area contributed by atoms with Crippen molar-refractivity contribution >= 4 is 11.8 Å². The van der Waals surface area contributed by atoms with E-state index in [-0.39, 0.29) is 18.9 Å². The molecule has 0 spiro atoms. The number of benzene rings is 1. The van der Waals surface area contributed by atoms with E-state index in [0.29, 0.717) is 0 Å². The molecule has 1 aromatic carbocycles. The van der Waals surface area contributed by atoms with Crippen LogP contribution in [-0.4, -0.2) is 18.2 Å². The highest BCUT2D eigenvalue weighted by atomic mass is 16.7. The molecule has 6 heteroatoms. The van der Waals surface area contributed by atoms with Crippen LogP contribution < -0.4 is 4.74 Å². The van der Waals surface area contributed by atoms with Gasteiger partial charge in [-0.15, -0.1) is 0 Å². The second-order valence-corrected chi connectivity index (χ2v) is 2.31. The Hall–Kier alpha value is -2.11. The summed E-state index contributed by atoms with van der Waals surface area (Å²) in [4.78, 5) is 20.3. The first kappa shape index (κ1) is 12.9. The van der Waals surface area contributed by atoms with Crippen molar-refractivity contribution in [2.24, 2.45) is 0 Å². The van der Waals surface area contributed by atoms with Crippen LogP contribution in [0.3, 0.4) is 0 Å². The summed E-state index contributed by atoms with van der Waals surface area (Å²) in [7, 11) is 1.17. The number of carbonyl (C=O) groups is 1. The summed E-state index contributed by atoms with van der Waals surface area (Å²) >= 11 is 0. The van der Waals surface area contributed by atoms with E-state index in [9.17, 15) is 14.9 Å². The number of rotatable bonds is 2. The first-order valence-corrected chi connectivity index (χ1v) is 3.63. The Balaban J connectivity index is 0.00000196. The van der Waals surface area contributed by atoms with Gasteiger partial charge in [0.05, 0.1) is 12.0 Å². The highest BCUT2D eigenvalue weighted by Gasteiger charge is 2.07. The minimum Gasteiger partial charge on any atom is -0.437 e. The quantitative estimate of drug-likeness (QED) is 0.326. The predicted octanol–water partition coefficient (Wildman–Crippen LogP) is 2.38. The number of nitro benzene ring substituents is 1. The van der Waals surface area contributed by atoms with Gasteiger partial charge < -0.3 is 9.47 Å². The zero-order valence-corrected chi connectivity index (χ0v) is 7.30. The molecule has 0 heterocycles. The molecule has 0 aliphatic carbocycles. The summed E-state index contributed by atoms with van der Waals surface area (Å²) in [6.45, 7) is 0. The van der Waals surface area contributed by atoms with Gasteiger partial charge in [-0.3, -0.25) is 10.1 Å². The topological polar surface area (TPSA) is 78.7 Å². The largest absolute Gasteiger partial charge is 0.513 e. The third-order valence-electron chi connectivity index (χ3n) is 1.42. The molecule has 1 aromatic rings. The Morgan fingerprint density at radius 2 is 1.87 bits per heavy atom. The molecule has 0 radical (unpaired) electrons. The summed E-state index contributed by atoms with van der Waals surface area (Å²) in [5.74, 6) is 0.197. The lowest BCUT2D eigenvalue weighted by Crippen LogP contribution is -2.06. The fourth-order valence-electron chi connectivity index (χ4n) is 0.774. The van der Waals surface area contributed by atoms with E-state index in [1.54, 1.807) is 0 Å². The number of nitrogens with zero attached hydrogens (tertiary/aromatic N) is 1. The van der Waals surface area contributed by atoms with E-state index in [1.165, 1.54) is 31.4 Å². The summed E-state index contributed by atoms with van der Waals surface area (Å²) in [6.07, 6.45) is -0.862. The van der Waals surface area contributed by atoms with Crippen LogP contribution in [0.15, 0.2) is 24.3 Å². The van der Waals surface area contributed by atoms with E-state index in [0.717, 1.165) is 0 Å². The Labute approximate surface area is 86.6 Å². The van der Waals surface area contributed by atoms with Gasteiger partial charge >= 0.3 is 6.16 Å². The van der Waals surface area contributed by atoms with Crippen LogP contribution in [0, 0.1) is 10.1 Å². The number of nitro groups is 1. The molecule has 0 fully saturated rings. The molecule has 1 rings (SSSR count). The lowest BCUT2D eigenvalue weighted by atomic mass is 10.3. The standard InChI is InChI=1S/C8H7NO5.CH4/c1-13-8(10)14-7-4-2-6(3-5-7)9(11)12;/h2-5H,1H3;1H4. The van der Waals surface area contributed by atoms with Crippen LogP contribution in [0.1, 0.15) is 7.43 Å². The Morgan fingerprint density at radius 3 is 2.27 bits per heavy atom. The number of ether oxygens (including phenoxy) is 2. The van der Waals surface area contributed by atoms with Crippen LogP contribution in [0.4, 0.5) is 10.5 Å². The van der Waals surface area contributed by atoms with Crippen LogP contribution in [-0.2, 0) is 4.74 Å². The SMILES string of the molecule is C.COC(=O)Oc1ccc([N+](=O)[O-])cc1. The maximum atomic E-state index is 10.6. The Morgan fingerprint density at radius 1 is 1.33 bits per heavy atom. The van der Waals surface area contributed by atoms with E-state index < -0.39 is 11.1 Å². The molecular weight excluding hydrogens is 202 g/mol. The van der Waals surface area contributed by atoms with Gasteiger partial charge in [-0.25, -0.2) is 4.79 Å². The van der Waals surface area contributed by atoms with Crippen LogP contribution in [0.5, 0.6) is 5.75 Å². The fourth-order valence-corrected chi connectivity index (χ4v) is 0.774. The second-order valence-electron chi connectivity index (χ2n) is 2.31. The summed E-state index contributed by atoms with van der Waals surface area (Å²) in [5, 5.41) is 10.3. The number of hydrogen-bond donors (Lipinski definition) is 0. The molecule has 0 amide bonds. The molecule has 0 bridgehead atoms. The minimum atomic E-state index is -0.862. The van der Waals surface area contributed by atoms with Crippen molar-refractivity contribution in [1.29, 1.82) is 0 Å². The van der Waals surface area contributed by atoms with Gasteiger partial charge in [-0.05, 0) is 12.1 Å². The molecule has 0 aliphatic heterocycles. The molecule has 0 aliphatic rings. The average Bonchev–Trinajstić information content (AvgIpc) is 2.18. The number of non-ortho nitro benzene ring substituents is 1. The predicted molar refractivity (Wildman–Crippen MR) is 52.9 cm³/mol. The maximum absolute atomic E-state index is 10.6. The average molecular weight is 213 g/mol. The Kier molecular flexibility index (Phi) is 4.80. The van der Waals surface area contributed by atoms with Crippen LogP contribution >= 0.6 is 0 Å². The molecule has 82 valence electrons. The van der Waals surface area contributed by atoms with Crippen molar-refractivity contribution in [3.8, 4) is 5.75 Å². The summed E-state index contributed by atoms with van der Waals surface area (Å²) < 4.78 is 8.85. The summed E-state index contributed by atoms with van der Waals surface area (Å²) in [5.41, 5.74) is -0.0674. The van der Waals surface area contributed by atoms with Gasteiger partial charge in [-0.2, -0.15) is 0 Å². The van der Waals surface area contributed by atoms with Gasteiger partial charge in [0.15, 0.2) is 0 Å². The normalized spacial score (nSPS) is 8.60. The molecule has 0 atom stereocenters. The van der Waals surface area contributed by atoms with Crippen molar-refractivity contribution < 1.29 is 19.2 Å². The monoisotopic (exact) mass is 213 g/mol. The molecular formula is C9H11NO5. The van der Waals surface area contributed by atoms with Gasteiger partial charge in [0, 0.05) is 12.1 Å². The number of carbonyl (C=O) groups excluding carboxylic acids is 1. The van der Waals surface area contributed by atoms with Gasteiger partial charge in [-0.1, -0.05) is 7.43 Å². The van der Waals surface area contributed by atoms with Crippen molar-refractivity contribution in [3.63, 3.8) is 0 Å². The Bertz CT molecular complexity index is 346. The zero-order valence-electron chi connectivity index (χ0n) is 7.30. The van der Waals surface area contributed by atoms with Crippen molar-refractivity contribution in [2.75, 3.05) is 7.11 Å². The van der Waals surface area contributed by atoms with Gasteiger partial charge in [0.2, 0.25) is 0 Å². The first-order valence-electron chi connectivity index (χ1n) is 3.63. The molecule has 0 aromatic heterocycles.